The third-order valence-corrected chi connectivity index (χ3v) is 6.70. The molecule has 3 aliphatic heterocycles. The molecule has 2 atom stereocenters. The molecule has 7 nitrogen and oxygen atoms in total. The Balaban J connectivity index is 1.27. The molecule has 164 valence electrons. The minimum Gasteiger partial charge on any atom is -0.381 e. The molecule has 4 rings (SSSR count). The highest BCUT2D eigenvalue weighted by atomic mass is 16.5. The van der Waals surface area contributed by atoms with Crippen LogP contribution in [0, 0.1) is 11.8 Å². The number of hydrogen-bond donors (Lipinski definition) is 1. The molecule has 2 amide bonds. The van der Waals surface area contributed by atoms with Gasteiger partial charge in [-0.15, -0.1) is 0 Å². The molecule has 0 bridgehead atoms. The predicted molar refractivity (Wildman–Crippen MR) is 114 cm³/mol. The maximum absolute atomic E-state index is 12.8. The van der Waals surface area contributed by atoms with Crippen LogP contribution in [0.25, 0.3) is 0 Å². The lowest BCUT2D eigenvalue weighted by atomic mass is 9.89. The lowest BCUT2D eigenvalue weighted by Gasteiger charge is -2.38. The zero-order valence-corrected chi connectivity index (χ0v) is 17.6. The summed E-state index contributed by atoms with van der Waals surface area (Å²) in [5.41, 5.74) is 0.771. The van der Waals surface area contributed by atoms with E-state index in [-0.39, 0.29) is 23.8 Å². The van der Waals surface area contributed by atoms with Crippen molar-refractivity contribution >= 4 is 11.8 Å². The fourth-order valence-electron chi connectivity index (χ4n) is 4.85. The lowest BCUT2D eigenvalue weighted by molar-refractivity contribution is 0.00179. The fraction of sp³-hybridized carbons (Fsp3) is 0.652. The first-order valence-electron chi connectivity index (χ1n) is 11.2. The van der Waals surface area contributed by atoms with Gasteiger partial charge in [0.15, 0.2) is 5.78 Å². The lowest BCUT2D eigenvalue weighted by Crippen LogP contribution is -2.54. The van der Waals surface area contributed by atoms with Crippen LogP contribution in [0.15, 0.2) is 30.3 Å². The highest BCUT2D eigenvalue weighted by Gasteiger charge is 2.33. The molecule has 3 saturated heterocycles. The van der Waals surface area contributed by atoms with E-state index < -0.39 is 0 Å². The van der Waals surface area contributed by atoms with Crippen molar-refractivity contribution in [1.29, 1.82) is 0 Å². The summed E-state index contributed by atoms with van der Waals surface area (Å²) in [4.78, 5) is 29.8. The Morgan fingerprint density at radius 1 is 0.967 bits per heavy atom. The molecule has 0 radical (unpaired) electrons. The molecule has 0 saturated carbocycles. The number of Topliss-reactive ketones (excluding diaryl/α,β-unsaturated/α-hetero) is 1. The van der Waals surface area contributed by atoms with Gasteiger partial charge in [-0.3, -0.25) is 9.69 Å². The van der Waals surface area contributed by atoms with Crippen LogP contribution in [0.1, 0.15) is 29.6 Å². The van der Waals surface area contributed by atoms with Crippen molar-refractivity contribution < 1.29 is 19.1 Å². The molecule has 0 spiro atoms. The molecule has 0 aliphatic carbocycles. The minimum absolute atomic E-state index is 0.00758. The van der Waals surface area contributed by atoms with Gasteiger partial charge in [-0.05, 0) is 19.3 Å². The number of amides is 2. The number of benzene rings is 1. The molecule has 7 heteroatoms. The van der Waals surface area contributed by atoms with Gasteiger partial charge >= 0.3 is 6.03 Å². The standard InChI is InChI=1S/C23H33N3O4/c27-22(18-4-2-1-3-5-18)19-6-9-26(10-7-19)23(28)24-16-21(20-8-13-30-17-20)25-11-14-29-15-12-25/h1-5,19-21H,6-17H2,(H,24,28). The minimum atomic E-state index is -0.0159. The topological polar surface area (TPSA) is 71.1 Å². The van der Waals surface area contributed by atoms with Gasteiger partial charge in [0, 0.05) is 62.8 Å². The quantitative estimate of drug-likeness (QED) is 0.720. The number of piperidine rings is 1. The van der Waals surface area contributed by atoms with Crippen LogP contribution < -0.4 is 5.32 Å². The number of urea groups is 1. The second kappa shape index (κ2) is 10.4. The normalized spacial score (nSPS) is 24.5. The molecule has 3 aliphatic rings. The number of hydrogen-bond acceptors (Lipinski definition) is 5. The van der Waals surface area contributed by atoms with Crippen molar-refractivity contribution in [3.05, 3.63) is 35.9 Å². The van der Waals surface area contributed by atoms with Crippen molar-refractivity contribution in [2.24, 2.45) is 11.8 Å². The third-order valence-electron chi connectivity index (χ3n) is 6.70. The van der Waals surface area contributed by atoms with E-state index in [4.69, 9.17) is 9.47 Å². The van der Waals surface area contributed by atoms with Crippen LogP contribution >= 0.6 is 0 Å². The average Bonchev–Trinajstić information content (AvgIpc) is 3.35. The number of nitrogens with one attached hydrogen (secondary N) is 1. The Labute approximate surface area is 178 Å². The summed E-state index contributed by atoms with van der Waals surface area (Å²) in [6.45, 7) is 6.78. The maximum atomic E-state index is 12.8. The van der Waals surface area contributed by atoms with Crippen molar-refractivity contribution in [3.8, 4) is 0 Å². The van der Waals surface area contributed by atoms with Crippen molar-refractivity contribution in [2.75, 3.05) is 59.2 Å². The van der Waals surface area contributed by atoms with Crippen molar-refractivity contribution in [1.82, 2.24) is 15.1 Å². The molecular formula is C23H33N3O4. The molecule has 3 fully saturated rings. The number of nitrogens with zero attached hydrogens (tertiary/aromatic N) is 2. The second-order valence-electron chi connectivity index (χ2n) is 8.52. The van der Waals surface area contributed by atoms with Gasteiger partial charge in [0.2, 0.25) is 0 Å². The fourth-order valence-corrected chi connectivity index (χ4v) is 4.85. The van der Waals surface area contributed by atoms with Crippen molar-refractivity contribution in [2.45, 2.75) is 25.3 Å². The summed E-state index contributed by atoms with van der Waals surface area (Å²) >= 11 is 0. The van der Waals surface area contributed by atoms with Gasteiger partial charge in [0.1, 0.15) is 0 Å². The van der Waals surface area contributed by atoms with E-state index in [0.29, 0.717) is 25.6 Å². The first-order valence-corrected chi connectivity index (χ1v) is 11.2. The summed E-state index contributed by atoms with van der Waals surface area (Å²) < 4.78 is 11.1. The van der Waals surface area contributed by atoms with Gasteiger partial charge in [-0.2, -0.15) is 0 Å². The Morgan fingerprint density at radius 3 is 2.37 bits per heavy atom. The Kier molecular flexibility index (Phi) is 7.36. The number of ketones is 1. The van der Waals surface area contributed by atoms with Crippen molar-refractivity contribution in [3.63, 3.8) is 0 Å². The van der Waals surface area contributed by atoms with E-state index in [1.54, 1.807) is 0 Å². The van der Waals surface area contributed by atoms with Crippen LogP contribution in [0.5, 0.6) is 0 Å². The molecular weight excluding hydrogens is 382 g/mol. The number of carbonyl (C=O) groups excluding carboxylic acids is 2. The van der Waals surface area contributed by atoms with E-state index in [0.717, 1.165) is 64.3 Å². The van der Waals surface area contributed by atoms with Gasteiger partial charge in [-0.1, -0.05) is 30.3 Å². The predicted octanol–water partition coefficient (Wildman–Crippen LogP) is 2.03. The van der Waals surface area contributed by atoms with Gasteiger partial charge in [0.25, 0.3) is 0 Å². The molecule has 1 N–H and O–H groups in total. The summed E-state index contributed by atoms with van der Waals surface area (Å²) in [6.07, 6.45) is 2.50. The molecule has 1 aromatic rings. The molecule has 1 aromatic carbocycles. The van der Waals surface area contributed by atoms with E-state index >= 15 is 0 Å². The number of carbonyl (C=O) groups is 2. The van der Waals surface area contributed by atoms with E-state index in [2.05, 4.69) is 10.2 Å². The average molecular weight is 416 g/mol. The van der Waals surface area contributed by atoms with Crippen LogP contribution in [0.4, 0.5) is 4.79 Å². The highest BCUT2D eigenvalue weighted by molar-refractivity contribution is 5.97. The first kappa shape index (κ1) is 21.3. The van der Waals surface area contributed by atoms with E-state index in [9.17, 15) is 9.59 Å². The third kappa shape index (κ3) is 5.20. The van der Waals surface area contributed by atoms with Crippen LogP contribution in [0.2, 0.25) is 0 Å². The highest BCUT2D eigenvalue weighted by Crippen LogP contribution is 2.23. The van der Waals surface area contributed by atoms with Crippen LogP contribution in [0.3, 0.4) is 0 Å². The van der Waals surface area contributed by atoms with E-state index in [1.807, 2.05) is 35.2 Å². The van der Waals surface area contributed by atoms with Gasteiger partial charge in [0.05, 0.1) is 19.8 Å². The largest absolute Gasteiger partial charge is 0.381 e. The summed E-state index contributed by atoms with van der Waals surface area (Å²) in [5.74, 6) is 0.662. The Hall–Kier alpha value is -1.96. The number of rotatable bonds is 6. The van der Waals surface area contributed by atoms with Gasteiger partial charge < -0.3 is 19.7 Å². The van der Waals surface area contributed by atoms with E-state index in [1.165, 1.54) is 0 Å². The second-order valence-corrected chi connectivity index (χ2v) is 8.52. The molecule has 30 heavy (non-hydrogen) atoms. The van der Waals surface area contributed by atoms with Crippen LogP contribution in [-0.4, -0.2) is 86.8 Å². The van der Waals surface area contributed by atoms with Crippen LogP contribution in [-0.2, 0) is 9.47 Å². The zero-order valence-electron chi connectivity index (χ0n) is 17.6. The zero-order chi connectivity index (χ0) is 20.8. The Bertz CT molecular complexity index is 694. The SMILES string of the molecule is O=C(c1ccccc1)C1CCN(C(=O)NCC(C2CCOC2)N2CCOCC2)CC1. The van der Waals surface area contributed by atoms with Gasteiger partial charge in [-0.25, -0.2) is 4.79 Å². The molecule has 0 aromatic heterocycles. The summed E-state index contributed by atoms with van der Waals surface area (Å²) in [5, 5.41) is 3.17. The molecule has 3 heterocycles. The monoisotopic (exact) mass is 415 g/mol. The smallest absolute Gasteiger partial charge is 0.317 e. The number of ether oxygens (including phenoxy) is 2. The summed E-state index contributed by atoms with van der Waals surface area (Å²) in [7, 11) is 0. The number of morpholine rings is 1. The summed E-state index contributed by atoms with van der Waals surface area (Å²) in [6, 6.07) is 9.74. The number of likely N-dealkylation sites (tertiary alicyclic amines) is 1. The first-order chi connectivity index (χ1) is 14.7. The Morgan fingerprint density at radius 2 is 1.70 bits per heavy atom. The maximum Gasteiger partial charge on any atom is 0.317 e. The molecule has 2 unspecified atom stereocenters.